The van der Waals surface area contributed by atoms with E-state index < -0.39 is 0 Å². The van der Waals surface area contributed by atoms with Crippen molar-refractivity contribution in [1.29, 1.82) is 0 Å². The average molecular weight is 271 g/mol. The molecule has 0 atom stereocenters. The number of para-hydroxylation sites is 1. The Labute approximate surface area is 118 Å². The Hall–Kier alpha value is -2.36. The molecule has 1 heterocycles. The van der Waals surface area contributed by atoms with E-state index in [4.69, 9.17) is 14.2 Å². The number of benzene rings is 2. The quantitative estimate of drug-likeness (QED) is 0.925. The Morgan fingerprint density at radius 3 is 2.95 bits per heavy atom. The van der Waals surface area contributed by atoms with Gasteiger partial charge in [0.05, 0.1) is 12.8 Å². The van der Waals surface area contributed by atoms with Crippen LogP contribution in [0.4, 0.5) is 5.69 Å². The lowest BCUT2D eigenvalue weighted by molar-refractivity contribution is 0.173. The summed E-state index contributed by atoms with van der Waals surface area (Å²) in [6.45, 7) is 3.01. The maximum Gasteiger partial charge on any atom is 0.231 e. The summed E-state index contributed by atoms with van der Waals surface area (Å²) in [5, 5.41) is 3.39. The van der Waals surface area contributed by atoms with Crippen LogP contribution in [0.5, 0.6) is 17.2 Å². The number of nitrogens with one attached hydrogen (secondary N) is 1. The maximum atomic E-state index is 5.50. The van der Waals surface area contributed by atoms with Crippen molar-refractivity contribution in [2.24, 2.45) is 0 Å². The zero-order chi connectivity index (χ0) is 13.9. The highest BCUT2D eigenvalue weighted by atomic mass is 16.7. The number of hydrogen-bond donors (Lipinski definition) is 1. The number of anilines is 1. The Morgan fingerprint density at radius 1 is 1.20 bits per heavy atom. The van der Waals surface area contributed by atoms with Crippen molar-refractivity contribution >= 4 is 5.69 Å². The van der Waals surface area contributed by atoms with Gasteiger partial charge in [0.1, 0.15) is 5.75 Å². The zero-order valence-electron chi connectivity index (χ0n) is 11.6. The molecule has 104 valence electrons. The minimum atomic E-state index is 0.292. The van der Waals surface area contributed by atoms with E-state index in [0.717, 1.165) is 28.5 Å². The van der Waals surface area contributed by atoms with Crippen LogP contribution in [0.3, 0.4) is 0 Å². The second kappa shape index (κ2) is 5.33. The molecule has 0 radical (unpaired) electrons. The first kappa shape index (κ1) is 12.7. The lowest BCUT2D eigenvalue weighted by Crippen LogP contribution is -2.03. The van der Waals surface area contributed by atoms with Crippen LogP contribution < -0.4 is 19.5 Å². The van der Waals surface area contributed by atoms with Gasteiger partial charge in [0.15, 0.2) is 11.5 Å². The molecule has 1 aliphatic heterocycles. The Kier molecular flexibility index (Phi) is 3.37. The largest absolute Gasteiger partial charge is 0.495 e. The third-order valence-electron chi connectivity index (χ3n) is 3.30. The molecule has 0 aromatic heterocycles. The molecule has 1 N–H and O–H groups in total. The van der Waals surface area contributed by atoms with Crippen LogP contribution in [0.25, 0.3) is 0 Å². The topological polar surface area (TPSA) is 39.7 Å². The van der Waals surface area contributed by atoms with E-state index in [1.165, 1.54) is 5.56 Å². The van der Waals surface area contributed by atoms with Crippen molar-refractivity contribution < 1.29 is 14.2 Å². The van der Waals surface area contributed by atoms with Gasteiger partial charge in [0.25, 0.3) is 0 Å². The van der Waals surface area contributed by atoms with E-state index in [1.807, 2.05) is 30.3 Å². The third-order valence-corrected chi connectivity index (χ3v) is 3.30. The van der Waals surface area contributed by atoms with Crippen molar-refractivity contribution in [2.75, 3.05) is 19.2 Å². The van der Waals surface area contributed by atoms with Gasteiger partial charge in [-0.05, 0) is 30.7 Å². The van der Waals surface area contributed by atoms with Gasteiger partial charge in [-0.3, -0.25) is 0 Å². The third kappa shape index (κ3) is 2.37. The van der Waals surface area contributed by atoms with Gasteiger partial charge in [-0.1, -0.05) is 18.2 Å². The fourth-order valence-corrected chi connectivity index (χ4v) is 2.28. The summed E-state index contributed by atoms with van der Waals surface area (Å²) in [6, 6.07) is 12.0. The van der Waals surface area contributed by atoms with Crippen LogP contribution in [0, 0.1) is 6.92 Å². The van der Waals surface area contributed by atoms with Gasteiger partial charge in [-0.15, -0.1) is 0 Å². The van der Waals surface area contributed by atoms with Crippen molar-refractivity contribution in [1.82, 2.24) is 0 Å². The summed E-state index contributed by atoms with van der Waals surface area (Å²) in [7, 11) is 1.67. The van der Waals surface area contributed by atoms with E-state index in [2.05, 4.69) is 18.3 Å². The van der Waals surface area contributed by atoms with Crippen molar-refractivity contribution in [3.05, 3.63) is 47.5 Å². The summed E-state index contributed by atoms with van der Waals surface area (Å²) in [5.41, 5.74) is 3.23. The summed E-state index contributed by atoms with van der Waals surface area (Å²) in [6.07, 6.45) is 0. The number of rotatable bonds is 4. The fraction of sp³-hybridized carbons (Fsp3) is 0.250. The van der Waals surface area contributed by atoms with Gasteiger partial charge >= 0.3 is 0 Å². The molecule has 4 nitrogen and oxygen atoms in total. The van der Waals surface area contributed by atoms with Crippen molar-refractivity contribution in [3.63, 3.8) is 0 Å². The lowest BCUT2D eigenvalue weighted by atomic mass is 10.1. The molecule has 0 bridgehead atoms. The smallest absolute Gasteiger partial charge is 0.231 e. The fourth-order valence-electron chi connectivity index (χ4n) is 2.28. The number of ether oxygens (including phenoxy) is 3. The number of aryl methyl sites for hydroxylation is 1. The number of fused-ring (bicyclic) bond motifs is 1. The van der Waals surface area contributed by atoms with Gasteiger partial charge in [-0.25, -0.2) is 0 Å². The van der Waals surface area contributed by atoms with Crippen molar-refractivity contribution in [2.45, 2.75) is 13.5 Å². The van der Waals surface area contributed by atoms with Crippen molar-refractivity contribution in [3.8, 4) is 17.2 Å². The Balaban J connectivity index is 1.80. The van der Waals surface area contributed by atoms with Gasteiger partial charge < -0.3 is 19.5 Å². The molecule has 0 spiro atoms. The highest BCUT2D eigenvalue weighted by Crippen LogP contribution is 2.36. The molecule has 0 unspecified atom stereocenters. The molecule has 3 rings (SSSR count). The highest BCUT2D eigenvalue weighted by molar-refractivity contribution is 5.59. The summed E-state index contributed by atoms with van der Waals surface area (Å²) < 4.78 is 16.2. The molecular formula is C16H17NO3. The molecule has 0 aliphatic carbocycles. The molecule has 0 saturated heterocycles. The predicted octanol–water partition coefficient (Wildman–Crippen LogP) is 3.34. The van der Waals surface area contributed by atoms with Gasteiger partial charge in [0.2, 0.25) is 6.79 Å². The van der Waals surface area contributed by atoms with E-state index in [-0.39, 0.29) is 0 Å². The molecule has 1 aliphatic rings. The first-order valence-electron chi connectivity index (χ1n) is 6.54. The predicted molar refractivity (Wildman–Crippen MR) is 77.6 cm³/mol. The maximum absolute atomic E-state index is 5.50. The minimum Gasteiger partial charge on any atom is -0.495 e. The molecular weight excluding hydrogens is 254 g/mol. The summed E-state index contributed by atoms with van der Waals surface area (Å²) >= 11 is 0. The van der Waals surface area contributed by atoms with Gasteiger partial charge in [-0.2, -0.15) is 0 Å². The van der Waals surface area contributed by atoms with E-state index in [9.17, 15) is 0 Å². The standard InChI is InChI=1S/C16H17NO3/c1-11-6-7-14(18-2)13(8-11)17-9-12-4-3-5-15-16(12)20-10-19-15/h3-8,17H,9-10H2,1-2H3. The first-order chi connectivity index (χ1) is 9.78. The minimum absolute atomic E-state index is 0.292. The Bertz CT molecular complexity index is 623. The average Bonchev–Trinajstić information content (AvgIpc) is 2.94. The van der Waals surface area contributed by atoms with Crippen LogP contribution in [0.15, 0.2) is 36.4 Å². The zero-order valence-corrected chi connectivity index (χ0v) is 11.6. The molecule has 4 heteroatoms. The van der Waals surface area contributed by atoms with Crippen LogP contribution in [0.2, 0.25) is 0 Å². The van der Waals surface area contributed by atoms with E-state index in [0.29, 0.717) is 13.3 Å². The molecule has 20 heavy (non-hydrogen) atoms. The van der Waals surface area contributed by atoms with Crippen LogP contribution in [-0.2, 0) is 6.54 Å². The number of hydrogen-bond acceptors (Lipinski definition) is 4. The lowest BCUT2D eigenvalue weighted by Gasteiger charge is -2.13. The molecule has 0 saturated carbocycles. The molecule has 0 fully saturated rings. The van der Waals surface area contributed by atoms with Crippen LogP contribution >= 0.6 is 0 Å². The van der Waals surface area contributed by atoms with E-state index >= 15 is 0 Å². The van der Waals surface area contributed by atoms with Crippen LogP contribution in [0.1, 0.15) is 11.1 Å². The molecule has 2 aromatic carbocycles. The van der Waals surface area contributed by atoms with Crippen LogP contribution in [-0.4, -0.2) is 13.9 Å². The first-order valence-corrected chi connectivity index (χ1v) is 6.54. The normalized spacial score (nSPS) is 12.3. The second-order valence-electron chi connectivity index (χ2n) is 4.71. The Morgan fingerprint density at radius 2 is 2.10 bits per heavy atom. The molecule has 2 aromatic rings. The van der Waals surface area contributed by atoms with Gasteiger partial charge in [0, 0.05) is 12.1 Å². The second-order valence-corrected chi connectivity index (χ2v) is 4.71. The highest BCUT2D eigenvalue weighted by Gasteiger charge is 2.17. The number of methoxy groups -OCH3 is 1. The summed E-state index contributed by atoms with van der Waals surface area (Å²) in [4.78, 5) is 0. The van der Waals surface area contributed by atoms with E-state index in [1.54, 1.807) is 7.11 Å². The SMILES string of the molecule is COc1ccc(C)cc1NCc1cccc2c1OCO2. The monoisotopic (exact) mass is 271 g/mol. The molecule has 0 amide bonds. The summed E-state index contributed by atoms with van der Waals surface area (Å²) in [5.74, 6) is 2.47.